The van der Waals surface area contributed by atoms with Gasteiger partial charge in [0.1, 0.15) is 18.1 Å². The van der Waals surface area contributed by atoms with E-state index in [9.17, 15) is 4.79 Å². The second-order valence-corrected chi connectivity index (χ2v) is 8.28. The Labute approximate surface area is 173 Å². The first-order valence-corrected chi connectivity index (χ1v) is 9.94. The molecule has 3 aromatic carbocycles. The number of ether oxygens (including phenoxy) is 2. The molecule has 150 valence electrons. The van der Waals surface area contributed by atoms with Gasteiger partial charge >= 0.3 is 5.97 Å². The zero-order chi connectivity index (χ0) is 20.7. The monoisotopic (exact) mass is 388 g/mol. The number of carbonyl (C=O) groups is 1. The molecule has 0 spiro atoms. The molecular weight excluding hydrogens is 360 g/mol. The second-order valence-electron chi connectivity index (χ2n) is 8.28. The van der Waals surface area contributed by atoms with E-state index in [-0.39, 0.29) is 23.9 Å². The second kappa shape index (κ2) is 9.42. The van der Waals surface area contributed by atoms with Crippen molar-refractivity contribution >= 4 is 5.97 Å². The summed E-state index contributed by atoms with van der Waals surface area (Å²) >= 11 is 0. The number of esters is 1. The quantitative estimate of drug-likeness (QED) is 0.438. The summed E-state index contributed by atoms with van der Waals surface area (Å²) in [6, 6.07) is 27.4. The molecule has 0 aliphatic heterocycles. The molecule has 3 aromatic rings. The van der Waals surface area contributed by atoms with E-state index < -0.39 is 0 Å². The van der Waals surface area contributed by atoms with Crippen LogP contribution in [0.3, 0.4) is 0 Å². The summed E-state index contributed by atoms with van der Waals surface area (Å²) < 4.78 is 11.6. The summed E-state index contributed by atoms with van der Waals surface area (Å²) in [7, 11) is 0. The molecule has 3 rings (SSSR count). The number of rotatable bonds is 7. The van der Waals surface area contributed by atoms with E-state index in [1.807, 2.05) is 72.8 Å². The van der Waals surface area contributed by atoms with E-state index in [0.717, 1.165) is 22.6 Å². The Morgan fingerprint density at radius 1 is 0.793 bits per heavy atom. The van der Waals surface area contributed by atoms with Crippen molar-refractivity contribution in [2.24, 2.45) is 11.3 Å². The smallest absolute Gasteiger partial charge is 0.310 e. The highest BCUT2D eigenvalue weighted by atomic mass is 16.5. The van der Waals surface area contributed by atoms with Gasteiger partial charge in [-0.2, -0.15) is 0 Å². The van der Waals surface area contributed by atoms with Crippen LogP contribution in [0.1, 0.15) is 31.9 Å². The van der Waals surface area contributed by atoms with Gasteiger partial charge < -0.3 is 9.47 Å². The fourth-order valence-corrected chi connectivity index (χ4v) is 3.17. The molecule has 1 atom stereocenters. The van der Waals surface area contributed by atoms with Gasteiger partial charge in [0.2, 0.25) is 0 Å². The molecule has 0 aliphatic carbocycles. The number of benzene rings is 3. The molecule has 0 heterocycles. The number of hydrogen-bond donors (Lipinski definition) is 0. The van der Waals surface area contributed by atoms with Gasteiger partial charge in [-0.15, -0.1) is 0 Å². The predicted octanol–water partition coefficient (Wildman–Crippen LogP) is 6.43. The number of para-hydroxylation sites is 1. The molecule has 3 nitrogen and oxygen atoms in total. The first-order valence-electron chi connectivity index (χ1n) is 9.94. The van der Waals surface area contributed by atoms with Crippen LogP contribution in [-0.2, 0) is 22.6 Å². The summed E-state index contributed by atoms with van der Waals surface area (Å²) in [5.41, 5.74) is 1.85. The molecule has 0 radical (unpaired) electrons. The van der Waals surface area contributed by atoms with Crippen molar-refractivity contribution in [1.82, 2.24) is 0 Å². The molecule has 0 N–H and O–H groups in total. The molecule has 0 saturated heterocycles. The number of hydrogen-bond acceptors (Lipinski definition) is 3. The van der Waals surface area contributed by atoms with Crippen LogP contribution in [0.25, 0.3) is 0 Å². The molecule has 0 aliphatic rings. The lowest BCUT2D eigenvalue weighted by Crippen LogP contribution is -2.32. The third-order valence-corrected chi connectivity index (χ3v) is 4.87. The van der Waals surface area contributed by atoms with Crippen molar-refractivity contribution in [3.63, 3.8) is 0 Å². The molecule has 0 bridgehead atoms. The lowest BCUT2D eigenvalue weighted by atomic mass is 9.77. The van der Waals surface area contributed by atoms with Crippen LogP contribution in [0.2, 0.25) is 0 Å². The van der Waals surface area contributed by atoms with E-state index in [1.54, 1.807) is 0 Å². The predicted molar refractivity (Wildman–Crippen MR) is 116 cm³/mol. The number of carbonyl (C=O) groups excluding carboxylic acids is 1. The zero-order valence-corrected chi connectivity index (χ0v) is 17.3. The van der Waals surface area contributed by atoms with Gasteiger partial charge in [-0.3, -0.25) is 4.79 Å². The van der Waals surface area contributed by atoms with E-state index in [2.05, 4.69) is 32.9 Å². The first kappa shape index (κ1) is 20.7. The third kappa shape index (κ3) is 6.21. The average Bonchev–Trinajstić information content (AvgIpc) is 2.71. The van der Waals surface area contributed by atoms with Crippen molar-refractivity contribution < 1.29 is 14.3 Å². The molecule has 0 saturated carbocycles. The molecule has 0 amide bonds. The molecule has 0 fully saturated rings. The normalized spacial score (nSPS) is 12.2. The van der Waals surface area contributed by atoms with Crippen LogP contribution in [0, 0.1) is 11.3 Å². The Morgan fingerprint density at radius 2 is 1.38 bits per heavy atom. The van der Waals surface area contributed by atoms with Gasteiger partial charge in [0.15, 0.2) is 0 Å². The van der Waals surface area contributed by atoms with Gasteiger partial charge in [-0.1, -0.05) is 81.4 Å². The van der Waals surface area contributed by atoms with Crippen molar-refractivity contribution in [2.45, 2.75) is 33.8 Å². The molecule has 0 aromatic heterocycles. The topological polar surface area (TPSA) is 35.5 Å². The lowest BCUT2D eigenvalue weighted by Gasteiger charge is -2.29. The van der Waals surface area contributed by atoms with Gasteiger partial charge in [0.25, 0.3) is 0 Å². The highest BCUT2D eigenvalue weighted by Crippen LogP contribution is 2.31. The van der Waals surface area contributed by atoms with Crippen molar-refractivity contribution in [1.29, 1.82) is 0 Å². The van der Waals surface area contributed by atoms with Crippen LogP contribution in [0.5, 0.6) is 11.5 Å². The SMILES string of the molecule is CC(C)(C)C(Cc1ccccc1)C(=O)OCc1cccc(Oc2ccccc2)c1. The maximum Gasteiger partial charge on any atom is 0.310 e. The molecule has 3 heteroatoms. The Hall–Kier alpha value is -3.07. The highest BCUT2D eigenvalue weighted by Gasteiger charge is 2.32. The third-order valence-electron chi connectivity index (χ3n) is 4.87. The van der Waals surface area contributed by atoms with Gasteiger partial charge in [0.05, 0.1) is 5.92 Å². The lowest BCUT2D eigenvalue weighted by molar-refractivity contribution is -0.153. The minimum atomic E-state index is -0.214. The summed E-state index contributed by atoms with van der Waals surface area (Å²) in [5.74, 6) is 1.11. The van der Waals surface area contributed by atoms with Gasteiger partial charge in [-0.05, 0) is 47.2 Å². The minimum Gasteiger partial charge on any atom is -0.461 e. The fraction of sp³-hybridized carbons (Fsp3) is 0.269. The summed E-state index contributed by atoms with van der Waals surface area (Å²) in [6.07, 6.45) is 0.667. The van der Waals surface area contributed by atoms with Crippen LogP contribution < -0.4 is 4.74 Å². The van der Waals surface area contributed by atoms with E-state index in [4.69, 9.17) is 9.47 Å². The van der Waals surface area contributed by atoms with E-state index in [0.29, 0.717) is 6.42 Å². The standard InChI is InChI=1S/C26H28O3/c1-26(2,3)24(18-20-11-6-4-7-12-20)25(27)28-19-21-13-10-16-23(17-21)29-22-14-8-5-9-15-22/h4-17,24H,18-19H2,1-3H3. The van der Waals surface area contributed by atoms with Crippen LogP contribution in [-0.4, -0.2) is 5.97 Å². The largest absolute Gasteiger partial charge is 0.461 e. The summed E-state index contributed by atoms with van der Waals surface area (Å²) in [4.78, 5) is 12.9. The molecule has 29 heavy (non-hydrogen) atoms. The Kier molecular flexibility index (Phi) is 6.71. The van der Waals surface area contributed by atoms with Crippen molar-refractivity contribution in [2.75, 3.05) is 0 Å². The van der Waals surface area contributed by atoms with E-state index in [1.165, 1.54) is 0 Å². The fourth-order valence-electron chi connectivity index (χ4n) is 3.17. The maximum absolute atomic E-state index is 12.9. The summed E-state index contributed by atoms with van der Waals surface area (Å²) in [5, 5.41) is 0. The highest BCUT2D eigenvalue weighted by molar-refractivity contribution is 5.73. The molecule has 1 unspecified atom stereocenters. The zero-order valence-electron chi connectivity index (χ0n) is 17.3. The van der Waals surface area contributed by atoms with Gasteiger partial charge in [0, 0.05) is 0 Å². The van der Waals surface area contributed by atoms with Crippen molar-refractivity contribution in [3.05, 3.63) is 96.1 Å². The summed E-state index contributed by atoms with van der Waals surface area (Å²) in [6.45, 7) is 6.47. The maximum atomic E-state index is 12.9. The molecular formula is C26H28O3. The minimum absolute atomic E-state index is 0.171. The Morgan fingerprint density at radius 3 is 2.03 bits per heavy atom. The van der Waals surface area contributed by atoms with Crippen LogP contribution >= 0.6 is 0 Å². The average molecular weight is 389 g/mol. The van der Waals surface area contributed by atoms with Crippen LogP contribution in [0.15, 0.2) is 84.9 Å². The first-order chi connectivity index (χ1) is 13.9. The van der Waals surface area contributed by atoms with E-state index >= 15 is 0 Å². The van der Waals surface area contributed by atoms with Crippen molar-refractivity contribution in [3.8, 4) is 11.5 Å². The Bertz CT molecular complexity index is 911. The Balaban J connectivity index is 1.64. The van der Waals surface area contributed by atoms with Gasteiger partial charge in [-0.25, -0.2) is 0 Å². The van der Waals surface area contributed by atoms with Crippen LogP contribution in [0.4, 0.5) is 0 Å².